The molecule has 0 saturated carbocycles. The third kappa shape index (κ3) is 4.13. The van der Waals surface area contributed by atoms with Crippen molar-refractivity contribution >= 4 is 28.8 Å². The van der Waals surface area contributed by atoms with Crippen LogP contribution >= 0.6 is 11.3 Å². The molecule has 28 heavy (non-hydrogen) atoms. The van der Waals surface area contributed by atoms with Gasteiger partial charge in [-0.15, -0.1) is 11.3 Å². The van der Waals surface area contributed by atoms with E-state index in [0.29, 0.717) is 42.4 Å². The molecule has 1 N–H and O–H groups in total. The van der Waals surface area contributed by atoms with Crippen molar-refractivity contribution in [2.24, 2.45) is 0 Å². The molecule has 7 nitrogen and oxygen atoms in total. The van der Waals surface area contributed by atoms with Gasteiger partial charge in [0.25, 0.3) is 11.8 Å². The minimum absolute atomic E-state index is 0.115. The van der Waals surface area contributed by atoms with Crippen LogP contribution < -0.4 is 5.32 Å². The number of para-hydroxylation sites is 1. The molecule has 2 aromatic heterocycles. The maximum atomic E-state index is 13.1. The van der Waals surface area contributed by atoms with Crippen molar-refractivity contribution in [3.05, 3.63) is 70.7 Å². The van der Waals surface area contributed by atoms with Gasteiger partial charge >= 0.3 is 0 Å². The van der Waals surface area contributed by atoms with Crippen LogP contribution in [0.15, 0.2) is 60.2 Å². The number of nitrogens with zero attached hydrogens (tertiary/aromatic N) is 3. The van der Waals surface area contributed by atoms with Crippen LogP contribution in [0.1, 0.15) is 20.0 Å². The quantitative estimate of drug-likeness (QED) is 0.720. The number of carbonyl (C=O) groups excluding carboxylic acids is 2. The molecule has 1 saturated heterocycles. The lowest BCUT2D eigenvalue weighted by Crippen LogP contribution is -2.47. The Morgan fingerprint density at radius 2 is 2.11 bits per heavy atom. The molecule has 0 aliphatic carbocycles. The smallest absolute Gasteiger partial charge is 0.265 e. The number of thiophene rings is 1. The summed E-state index contributed by atoms with van der Waals surface area (Å²) >= 11 is 1.36. The highest BCUT2D eigenvalue weighted by Gasteiger charge is 2.27. The zero-order valence-electron chi connectivity index (χ0n) is 15.2. The second-order valence-electron chi connectivity index (χ2n) is 6.45. The SMILES string of the molecule is O=C(Nc1ccccc1C(=O)N1CCOC(Cn2cccn2)C1)c1cccs1. The summed E-state index contributed by atoms with van der Waals surface area (Å²) in [4.78, 5) is 27.9. The van der Waals surface area contributed by atoms with Gasteiger partial charge in [-0.05, 0) is 29.6 Å². The summed E-state index contributed by atoms with van der Waals surface area (Å²) in [6.45, 7) is 2.06. The molecule has 1 atom stereocenters. The lowest BCUT2D eigenvalue weighted by molar-refractivity contribution is -0.0299. The van der Waals surface area contributed by atoms with Crippen LogP contribution in [0.3, 0.4) is 0 Å². The van der Waals surface area contributed by atoms with E-state index in [0.717, 1.165) is 0 Å². The highest BCUT2D eigenvalue weighted by atomic mass is 32.1. The van der Waals surface area contributed by atoms with E-state index in [1.807, 2.05) is 23.7 Å². The van der Waals surface area contributed by atoms with Crippen LogP contribution in [0.4, 0.5) is 5.69 Å². The van der Waals surface area contributed by atoms with Crippen LogP contribution in [-0.4, -0.2) is 52.3 Å². The van der Waals surface area contributed by atoms with Gasteiger partial charge in [0.2, 0.25) is 0 Å². The minimum Gasteiger partial charge on any atom is -0.373 e. The van der Waals surface area contributed by atoms with Crippen LogP contribution in [0.25, 0.3) is 0 Å². The largest absolute Gasteiger partial charge is 0.373 e. The molecule has 3 aromatic rings. The highest BCUT2D eigenvalue weighted by molar-refractivity contribution is 7.12. The third-order valence-electron chi connectivity index (χ3n) is 4.53. The van der Waals surface area contributed by atoms with E-state index in [1.165, 1.54) is 11.3 Å². The summed E-state index contributed by atoms with van der Waals surface area (Å²) < 4.78 is 7.59. The molecular weight excluding hydrogens is 376 g/mol. The topological polar surface area (TPSA) is 76.5 Å². The van der Waals surface area contributed by atoms with Gasteiger partial charge in [-0.1, -0.05) is 18.2 Å². The highest BCUT2D eigenvalue weighted by Crippen LogP contribution is 2.21. The Morgan fingerprint density at radius 3 is 2.89 bits per heavy atom. The van der Waals surface area contributed by atoms with E-state index in [-0.39, 0.29) is 17.9 Å². The number of amides is 2. The number of nitrogens with one attached hydrogen (secondary N) is 1. The Labute approximate surface area is 166 Å². The van der Waals surface area contributed by atoms with Crippen LogP contribution in [0.5, 0.6) is 0 Å². The molecule has 0 bridgehead atoms. The van der Waals surface area contributed by atoms with Gasteiger partial charge in [0, 0.05) is 25.5 Å². The zero-order chi connectivity index (χ0) is 19.3. The third-order valence-corrected chi connectivity index (χ3v) is 5.40. The average molecular weight is 396 g/mol. The molecule has 3 heterocycles. The molecule has 4 rings (SSSR count). The van der Waals surface area contributed by atoms with Crippen molar-refractivity contribution in [2.75, 3.05) is 25.0 Å². The fourth-order valence-corrected chi connectivity index (χ4v) is 3.79. The van der Waals surface area contributed by atoms with Crippen molar-refractivity contribution < 1.29 is 14.3 Å². The molecule has 144 valence electrons. The van der Waals surface area contributed by atoms with Gasteiger partial charge in [-0.2, -0.15) is 5.10 Å². The number of benzene rings is 1. The predicted molar refractivity (Wildman–Crippen MR) is 107 cm³/mol. The lowest BCUT2D eigenvalue weighted by Gasteiger charge is -2.33. The van der Waals surface area contributed by atoms with E-state index in [9.17, 15) is 9.59 Å². The number of ether oxygens (including phenoxy) is 1. The van der Waals surface area contributed by atoms with Gasteiger partial charge in [-0.25, -0.2) is 0 Å². The van der Waals surface area contributed by atoms with Gasteiger partial charge in [0.1, 0.15) is 0 Å². The molecule has 8 heteroatoms. The van der Waals surface area contributed by atoms with Crippen molar-refractivity contribution in [3.8, 4) is 0 Å². The van der Waals surface area contributed by atoms with Gasteiger partial charge in [0.05, 0.1) is 35.4 Å². The normalized spacial score (nSPS) is 16.7. The second-order valence-corrected chi connectivity index (χ2v) is 7.40. The first-order chi connectivity index (χ1) is 13.7. The maximum absolute atomic E-state index is 13.1. The molecule has 0 spiro atoms. The van der Waals surface area contributed by atoms with E-state index in [4.69, 9.17) is 4.74 Å². The molecule has 0 radical (unpaired) electrons. The number of carbonyl (C=O) groups is 2. The molecule has 1 aliphatic heterocycles. The molecular formula is C20H20N4O3S. The van der Waals surface area contributed by atoms with Gasteiger partial charge in [-0.3, -0.25) is 14.3 Å². The fourth-order valence-electron chi connectivity index (χ4n) is 3.17. The summed E-state index contributed by atoms with van der Waals surface area (Å²) in [5, 5.41) is 8.90. The lowest BCUT2D eigenvalue weighted by atomic mass is 10.1. The molecule has 2 amide bonds. The van der Waals surface area contributed by atoms with E-state index in [1.54, 1.807) is 46.1 Å². The van der Waals surface area contributed by atoms with Crippen molar-refractivity contribution in [1.82, 2.24) is 14.7 Å². The minimum atomic E-state index is -0.214. The van der Waals surface area contributed by atoms with Crippen molar-refractivity contribution in [2.45, 2.75) is 12.6 Å². The Hall–Kier alpha value is -2.97. The summed E-state index contributed by atoms with van der Waals surface area (Å²) in [5.74, 6) is -0.329. The van der Waals surface area contributed by atoms with Crippen molar-refractivity contribution in [1.29, 1.82) is 0 Å². The molecule has 1 aliphatic rings. The Morgan fingerprint density at radius 1 is 1.21 bits per heavy atom. The molecule has 1 unspecified atom stereocenters. The number of anilines is 1. The standard InChI is InChI=1S/C20H20N4O3S/c25-19(18-7-3-12-28-18)22-17-6-2-1-5-16(17)20(26)23-10-11-27-15(13-23)14-24-9-4-8-21-24/h1-9,12,15H,10-11,13-14H2,(H,22,25). The summed E-state index contributed by atoms with van der Waals surface area (Å²) in [7, 11) is 0. The fraction of sp³-hybridized carbons (Fsp3) is 0.250. The van der Waals surface area contributed by atoms with Gasteiger partial charge < -0.3 is 15.0 Å². The van der Waals surface area contributed by atoms with Crippen molar-refractivity contribution in [3.63, 3.8) is 0 Å². The predicted octanol–water partition coefficient (Wildman–Crippen LogP) is 2.74. The number of hydrogen-bond acceptors (Lipinski definition) is 5. The number of morpholine rings is 1. The second kappa shape index (κ2) is 8.37. The molecule has 1 fully saturated rings. The van der Waals surface area contributed by atoms with Crippen LogP contribution in [0, 0.1) is 0 Å². The number of rotatable bonds is 5. The van der Waals surface area contributed by atoms with E-state index >= 15 is 0 Å². The Bertz CT molecular complexity index is 940. The monoisotopic (exact) mass is 396 g/mol. The Kier molecular flexibility index (Phi) is 5.50. The summed E-state index contributed by atoms with van der Waals surface area (Å²) in [6, 6.07) is 12.5. The summed E-state index contributed by atoms with van der Waals surface area (Å²) in [5.41, 5.74) is 0.994. The zero-order valence-corrected chi connectivity index (χ0v) is 16.0. The maximum Gasteiger partial charge on any atom is 0.265 e. The van der Waals surface area contributed by atoms with Crippen LogP contribution in [-0.2, 0) is 11.3 Å². The first kappa shape index (κ1) is 18.4. The van der Waals surface area contributed by atoms with E-state index in [2.05, 4.69) is 10.4 Å². The first-order valence-corrected chi connectivity index (χ1v) is 9.91. The summed E-state index contributed by atoms with van der Waals surface area (Å²) in [6.07, 6.45) is 3.48. The molecule has 1 aromatic carbocycles. The Balaban J connectivity index is 1.47. The average Bonchev–Trinajstić information content (AvgIpc) is 3.42. The number of hydrogen-bond donors (Lipinski definition) is 1. The number of aromatic nitrogens is 2. The van der Waals surface area contributed by atoms with E-state index < -0.39 is 0 Å². The van der Waals surface area contributed by atoms with Gasteiger partial charge in [0.15, 0.2) is 0 Å². The van der Waals surface area contributed by atoms with Crippen LogP contribution in [0.2, 0.25) is 0 Å². The first-order valence-electron chi connectivity index (χ1n) is 9.03.